The Morgan fingerprint density at radius 2 is 0.573 bits per heavy atom. The molecule has 26 heteroatoms. The highest BCUT2D eigenvalue weighted by Crippen LogP contribution is 2.40. The fourth-order valence-electron chi connectivity index (χ4n) is 7.56. The summed E-state index contributed by atoms with van der Waals surface area (Å²) in [6, 6.07) is 0. The summed E-state index contributed by atoms with van der Waals surface area (Å²) in [5.74, 6) is -9.23. The van der Waals surface area contributed by atoms with Crippen LogP contribution >= 0.6 is 0 Å². The van der Waals surface area contributed by atoms with Crippen LogP contribution in [0.1, 0.15) is 152 Å². The van der Waals surface area contributed by atoms with Crippen LogP contribution in [0.15, 0.2) is 0 Å². The highest BCUT2D eigenvalue weighted by molar-refractivity contribution is 5.78. The number of ether oxygens (including phenoxy) is 15. The molecular formula is C56H88O26. The van der Waals surface area contributed by atoms with Crippen molar-refractivity contribution >= 4 is 59.7 Å². The number of aliphatic hydroxyl groups excluding tert-OH is 1. The molecule has 0 aromatic carbocycles. The molecule has 15 atom stereocenters. The van der Waals surface area contributed by atoms with Crippen LogP contribution in [0.5, 0.6) is 0 Å². The van der Waals surface area contributed by atoms with Crippen molar-refractivity contribution in [2.24, 2.45) is 32.5 Å². The molecule has 3 aliphatic heterocycles. The van der Waals surface area contributed by atoms with Gasteiger partial charge in [-0.2, -0.15) is 0 Å². The highest BCUT2D eigenvalue weighted by atomic mass is 16.8. The van der Waals surface area contributed by atoms with Crippen molar-refractivity contribution in [1.82, 2.24) is 0 Å². The molecule has 0 saturated carbocycles. The van der Waals surface area contributed by atoms with E-state index >= 15 is 0 Å². The SMILES string of the molecule is CC(=O)OC[C@H]1O[C@H](O[C@H]2[C@@H](OC(=O)C(C)(C)C)[C@@H](COC(=O)C(C)(C)C)O[C@@H](O[C@H]3[C@H](OC(=O)C(C)(C)C)[C@@H](OC(=O)C(C)(C)C)[C@@H](O)O[C@@H]3COC(=O)C(C)(C)C)[C@@H]2OC(=O)C(C)(C)C)[C@H](OC(C)=O)[C@@H](OC(C)=O)[C@H]1OC(C)=O. The van der Waals surface area contributed by atoms with Gasteiger partial charge in [-0.25, -0.2) is 0 Å². The molecule has 1 N–H and O–H groups in total. The molecule has 3 fully saturated rings. The Kier molecular flexibility index (Phi) is 23.7. The number of carbonyl (C=O) groups is 10. The van der Waals surface area contributed by atoms with Crippen molar-refractivity contribution in [3.05, 3.63) is 0 Å². The average Bonchev–Trinajstić information content (AvgIpc) is 3.01. The van der Waals surface area contributed by atoms with Gasteiger partial charge in [0.2, 0.25) is 0 Å². The number of esters is 10. The van der Waals surface area contributed by atoms with Crippen molar-refractivity contribution in [2.45, 2.75) is 244 Å². The van der Waals surface area contributed by atoms with Gasteiger partial charge in [0.25, 0.3) is 0 Å². The minimum atomic E-state index is -2.16. The van der Waals surface area contributed by atoms with Gasteiger partial charge in [-0.3, -0.25) is 47.9 Å². The number of hydrogen-bond donors (Lipinski definition) is 1. The predicted octanol–water partition coefficient (Wildman–Crippen LogP) is 4.29. The van der Waals surface area contributed by atoms with E-state index in [1.165, 1.54) is 83.1 Å². The Hall–Kier alpha value is -5.54. The molecule has 0 aliphatic carbocycles. The van der Waals surface area contributed by atoms with Gasteiger partial charge in [0.15, 0.2) is 61.6 Å². The predicted molar refractivity (Wildman–Crippen MR) is 279 cm³/mol. The fraction of sp³-hybridized carbons (Fsp3) is 0.821. The molecule has 0 spiro atoms. The Morgan fingerprint density at radius 3 is 0.939 bits per heavy atom. The lowest BCUT2D eigenvalue weighted by molar-refractivity contribution is -0.381. The topological polar surface area (TPSA) is 329 Å². The standard InChI is InChI=1S/C56H88O26/c1-26(57)68-23-31-33(71-27(2)58)37(72-28(3)59)40(73-29(4)60)43(75-31)78-38-35(79-47(64)53(11,12)13)32(25-70-46(63)52(8,9)10)76-44(41(38)82-50(67)56(20,21)22)77-34-30(24-69-45(62)51(5,6)7)74-42(61)39(81-49(66)55(17,18)19)36(34)80-48(65)54(14,15)16/h30-44,61H,23-25H2,1-22H3/t30-,31-,32-,33+,34-,35+,36+,37+,38+,39-,40-,41-,42+,43-,44+/m1/s1. The van der Waals surface area contributed by atoms with E-state index in [2.05, 4.69) is 0 Å². The molecule has 0 aromatic rings. The Labute approximate surface area is 479 Å². The van der Waals surface area contributed by atoms with E-state index < -0.39 is 204 Å². The minimum absolute atomic E-state index is 0.724. The monoisotopic (exact) mass is 1180 g/mol. The maximum absolute atomic E-state index is 14.5. The fourth-order valence-corrected chi connectivity index (χ4v) is 7.56. The van der Waals surface area contributed by atoms with E-state index in [-0.39, 0.29) is 0 Å². The number of rotatable bonds is 17. The molecule has 26 nitrogen and oxygen atoms in total. The van der Waals surface area contributed by atoms with Gasteiger partial charge in [-0.05, 0) is 125 Å². The normalized spacial score (nSPS) is 29.1. The lowest BCUT2D eigenvalue weighted by Gasteiger charge is -2.51. The maximum atomic E-state index is 14.5. The van der Waals surface area contributed by atoms with Crippen LogP contribution < -0.4 is 0 Å². The summed E-state index contributed by atoms with van der Waals surface area (Å²) in [5, 5.41) is 11.8. The van der Waals surface area contributed by atoms with Crippen molar-refractivity contribution in [2.75, 3.05) is 19.8 Å². The lowest BCUT2D eigenvalue weighted by atomic mass is 9.92. The molecule has 0 unspecified atom stereocenters. The lowest BCUT2D eigenvalue weighted by Crippen LogP contribution is -2.69. The third-order valence-electron chi connectivity index (χ3n) is 12.1. The molecule has 468 valence electrons. The number of carbonyl (C=O) groups excluding carboxylic acids is 10. The largest absolute Gasteiger partial charge is 0.463 e. The van der Waals surface area contributed by atoms with Crippen LogP contribution in [-0.2, 0) is 119 Å². The summed E-state index contributed by atoms with van der Waals surface area (Å²) in [6.07, 6.45) is -28.8. The zero-order valence-electron chi connectivity index (χ0n) is 51.4. The maximum Gasteiger partial charge on any atom is 0.311 e. The number of aliphatic hydroxyl groups is 1. The van der Waals surface area contributed by atoms with Crippen LogP contribution in [0.25, 0.3) is 0 Å². The summed E-state index contributed by atoms with van der Waals surface area (Å²) in [6.45, 7) is 29.0. The third kappa shape index (κ3) is 20.1. The number of hydrogen-bond acceptors (Lipinski definition) is 26. The van der Waals surface area contributed by atoms with E-state index in [9.17, 15) is 53.1 Å². The van der Waals surface area contributed by atoms with Gasteiger partial charge in [-0.1, -0.05) is 0 Å². The molecule has 0 radical (unpaired) electrons. The van der Waals surface area contributed by atoms with E-state index in [0.717, 1.165) is 27.7 Å². The van der Waals surface area contributed by atoms with E-state index in [4.69, 9.17) is 71.1 Å². The second-order valence-corrected chi connectivity index (χ2v) is 26.6. The molecule has 3 heterocycles. The highest BCUT2D eigenvalue weighted by Gasteiger charge is 2.61. The van der Waals surface area contributed by atoms with Crippen molar-refractivity contribution in [3.8, 4) is 0 Å². The molecule has 0 aromatic heterocycles. The molecule has 3 rings (SSSR count). The molecule has 3 aliphatic rings. The van der Waals surface area contributed by atoms with E-state index in [0.29, 0.717) is 0 Å². The van der Waals surface area contributed by atoms with Gasteiger partial charge in [0, 0.05) is 27.7 Å². The molecule has 3 saturated heterocycles. The van der Waals surface area contributed by atoms with Gasteiger partial charge >= 0.3 is 59.7 Å². The van der Waals surface area contributed by atoms with Crippen molar-refractivity contribution < 1.29 is 124 Å². The van der Waals surface area contributed by atoms with E-state index in [1.807, 2.05) is 0 Å². The van der Waals surface area contributed by atoms with Crippen LogP contribution in [0.4, 0.5) is 0 Å². The first kappa shape index (κ1) is 70.7. The minimum Gasteiger partial charge on any atom is -0.463 e. The zero-order valence-corrected chi connectivity index (χ0v) is 51.4. The molecule has 82 heavy (non-hydrogen) atoms. The van der Waals surface area contributed by atoms with Crippen LogP contribution in [-0.4, -0.2) is 177 Å². The Bertz CT molecular complexity index is 2300. The van der Waals surface area contributed by atoms with Crippen molar-refractivity contribution in [1.29, 1.82) is 0 Å². The van der Waals surface area contributed by atoms with Crippen molar-refractivity contribution in [3.63, 3.8) is 0 Å². The zero-order chi connectivity index (χ0) is 63.2. The average molecular weight is 1180 g/mol. The quantitative estimate of drug-likeness (QED) is 0.157. The van der Waals surface area contributed by atoms with Crippen LogP contribution in [0.3, 0.4) is 0 Å². The van der Waals surface area contributed by atoms with Crippen LogP contribution in [0.2, 0.25) is 0 Å². The van der Waals surface area contributed by atoms with Gasteiger partial charge in [0.1, 0.15) is 50.3 Å². The van der Waals surface area contributed by atoms with Gasteiger partial charge in [0.05, 0.1) is 32.5 Å². The third-order valence-corrected chi connectivity index (χ3v) is 12.1. The van der Waals surface area contributed by atoms with Crippen LogP contribution in [0, 0.1) is 32.5 Å². The molecule has 0 bridgehead atoms. The second kappa shape index (κ2) is 27.4. The van der Waals surface area contributed by atoms with Gasteiger partial charge in [-0.15, -0.1) is 0 Å². The summed E-state index contributed by atoms with van der Waals surface area (Å²) < 4.78 is 91.1. The smallest absolute Gasteiger partial charge is 0.311 e. The summed E-state index contributed by atoms with van der Waals surface area (Å²) >= 11 is 0. The Balaban J connectivity index is 2.62. The summed E-state index contributed by atoms with van der Waals surface area (Å²) in [5.41, 5.74) is -7.58. The Morgan fingerprint density at radius 1 is 0.305 bits per heavy atom. The van der Waals surface area contributed by atoms with Gasteiger partial charge < -0.3 is 76.2 Å². The molecular weight excluding hydrogens is 1090 g/mol. The first-order valence-corrected chi connectivity index (χ1v) is 26.9. The summed E-state index contributed by atoms with van der Waals surface area (Å²) in [4.78, 5) is 135. The van der Waals surface area contributed by atoms with E-state index in [1.54, 1.807) is 41.5 Å². The first-order chi connectivity index (χ1) is 37.1. The summed E-state index contributed by atoms with van der Waals surface area (Å²) in [7, 11) is 0. The molecule has 0 amide bonds. The second-order valence-electron chi connectivity index (χ2n) is 26.6. The first-order valence-electron chi connectivity index (χ1n) is 26.9.